The van der Waals surface area contributed by atoms with Crippen LogP contribution in [0.25, 0.3) is 22.3 Å². The van der Waals surface area contributed by atoms with Gasteiger partial charge < -0.3 is 14.7 Å². The number of hydrogen-bond donors (Lipinski definition) is 1. The normalized spacial score (nSPS) is 18.2. The number of phenolic OH excluding ortho intramolecular Hbond substituents is 1. The average Bonchev–Trinajstić information content (AvgIpc) is 3.05. The van der Waals surface area contributed by atoms with Gasteiger partial charge in [0.1, 0.15) is 5.69 Å². The van der Waals surface area contributed by atoms with Crippen LogP contribution in [-0.4, -0.2) is 45.2 Å². The number of nitrogens with zero attached hydrogens (tertiary/aromatic N) is 4. The summed E-state index contributed by atoms with van der Waals surface area (Å²) < 4.78 is 90.2. The van der Waals surface area contributed by atoms with Crippen LogP contribution >= 0.6 is 0 Å². The Balaban J connectivity index is 1.64. The Hall–Kier alpha value is -3.02. The van der Waals surface area contributed by atoms with Crippen molar-refractivity contribution in [2.75, 3.05) is 24.6 Å². The minimum absolute atomic E-state index is 0.0324. The van der Waals surface area contributed by atoms with E-state index in [4.69, 9.17) is 4.74 Å². The van der Waals surface area contributed by atoms with Gasteiger partial charge in [-0.3, -0.25) is 0 Å². The maximum atomic E-state index is 15.1. The number of ether oxygens (including phenoxy) is 1. The Bertz CT molecular complexity index is 1270. The van der Waals surface area contributed by atoms with Crippen LogP contribution in [0.5, 0.6) is 5.75 Å². The zero-order valence-corrected chi connectivity index (χ0v) is 17.3. The number of aryl methyl sites for hydroxylation is 1. The molecule has 176 valence electrons. The highest BCUT2D eigenvalue weighted by atomic mass is 19.4. The van der Waals surface area contributed by atoms with Crippen molar-refractivity contribution >= 4 is 16.9 Å². The molecule has 1 aliphatic heterocycles. The molecule has 33 heavy (non-hydrogen) atoms. The lowest BCUT2D eigenvalue weighted by Gasteiger charge is -2.48. The minimum atomic E-state index is -5.20. The lowest BCUT2D eigenvalue weighted by molar-refractivity contribution is -0.140. The highest BCUT2D eigenvalue weighted by Gasteiger charge is 2.43. The molecule has 1 N–H and O–H groups in total. The van der Waals surface area contributed by atoms with Gasteiger partial charge in [-0.1, -0.05) is 0 Å². The molecular formula is C21H18F6N4O2. The van der Waals surface area contributed by atoms with E-state index in [1.165, 1.54) is 11.7 Å². The van der Waals surface area contributed by atoms with Gasteiger partial charge in [-0.15, -0.1) is 0 Å². The van der Waals surface area contributed by atoms with E-state index >= 15 is 4.39 Å². The van der Waals surface area contributed by atoms with Crippen LogP contribution in [0, 0.1) is 17.5 Å². The molecule has 1 aliphatic carbocycles. The number of rotatable bonds is 2. The zero-order chi connectivity index (χ0) is 23.7. The first-order valence-corrected chi connectivity index (χ1v) is 10.2. The van der Waals surface area contributed by atoms with E-state index in [2.05, 4.69) is 10.1 Å². The molecule has 2 aliphatic rings. The second-order valence-electron chi connectivity index (χ2n) is 8.39. The van der Waals surface area contributed by atoms with Crippen molar-refractivity contribution in [3.63, 3.8) is 0 Å². The molecule has 5 rings (SSSR count). The number of hydrogen-bond acceptors (Lipinski definition) is 5. The number of anilines is 1. The summed E-state index contributed by atoms with van der Waals surface area (Å²) in [7, 11) is 1.42. The summed E-state index contributed by atoms with van der Waals surface area (Å²) in [6.45, 7) is 1.25. The summed E-state index contributed by atoms with van der Waals surface area (Å²) in [5, 5.41) is 13.5. The van der Waals surface area contributed by atoms with Gasteiger partial charge in [0.15, 0.2) is 34.7 Å². The monoisotopic (exact) mass is 472 g/mol. The second-order valence-corrected chi connectivity index (χ2v) is 8.39. The van der Waals surface area contributed by atoms with E-state index in [0.717, 1.165) is 25.3 Å². The predicted octanol–water partition coefficient (Wildman–Crippen LogP) is 4.54. The van der Waals surface area contributed by atoms with Gasteiger partial charge in [-0.2, -0.15) is 18.3 Å². The number of fused-ring (bicyclic) bond motifs is 1. The van der Waals surface area contributed by atoms with Gasteiger partial charge in [0.25, 0.3) is 0 Å². The molecule has 3 heterocycles. The Morgan fingerprint density at radius 2 is 1.85 bits per heavy atom. The number of alkyl halides is 3. The first-order chi connectivity index (χ1) is 15.5. The van der Waals surface area contributed by atoms with E-state index < -0.39 is 46.2 Å². The molecule has 0 bridgehead atoms. The topological polar surface area (TPSA) is 63.4 Å². The van der Waals surface area contributed by atoms with Crippen LogP contribution in [0.15, 0.2) is 12.1 Å². The van der Waals surface area contributed by atoms with Crippen LogP contribution in [0.3, 0.4) is 0 Å². The molecule has 6 nitrogen and oxygen atoms in total. The summed E-state index contributed by atoms with van der Waals surface area (Å²) in [6, 6.07) is 1.22. The zero-order valence-electron chi connectivity index (χ0n) is 17.3. The van der Waals surface area contributed by atoms with E-state index in [-0.39, 0.29) is 28.5 Å². The van der Waals surface area contributed by atoms with Crippen LogP contribution in [0.2, 0.25) is 0 Å². The number of aromatic nitrogens is 3. The highest BCUT2D eigenvalue weighted by molar-refractivity contribution is 5.93. The third-order valence-electron chi connectivity index (χ3n) is 6.30. The first-order valence-electron chi connectivity index (χ1n) is 10.2. The van der Waals surface area contributed by atoms with E-state index in [1.807, 2.05) is 0 Å². The van der Waals surface area contributed by atoms with E-state index in [1.54, 1.807) is 4.90 Å². The quantitative estimate of drug-likeness (QED) is 0.555. The third kappa shape index (κ3) is 3.38. The van der Waals surface area contributed by atoms with Gasteiger partial charge in [0.2, 0.25) is 0 Å². The molecule has 0 radical (unpaired) electrons. The smallest absolute Gasteiger partial charge is 0.419 e. The molecule has 2 aromatic heterocycles. The maximum Gasteiger partial charge on any atom is 0.419 e. The molecule has 0 amide bonds. The lowest BCUT2D eigenvalue weighted by atomic mass is 9.79. The fraction of sp³-hybridized carbons (Fsp3) is 0.429. The molecule has 3 aromatic rings. The molecule has 1 saturated carbocycles. The Morgan fingerprint density at radius 1 is 1.12 bits per heavy atom. The molecule has 1 spiro atoms. The van der Waals surface area contributed by atoms with Gasteiger partial charge in [0, 0.05) is 25.7 Å². The van der Waals surface area contributed by atoms with E-state index in [9.17, 15) is 27.1 Å². The van der Waals surface area contributed by atoms with Crippen LogP contribution in [0.1, 0.15) is 24.8 Å². The predicted molar refractivity (Wildman–Crippen MR) is 105 cm³/mol. The van der Waals surface area contributed by atoms with Crippen LogP contribution in [0.4, 0.5) is 32.2 Å². The molecular weight excluding hydrogens is 454 g/mol. The third-order valence-corrected chi connectivity index (χ3v) is 6.30. The Kier molecular flexibility index (Phi) is 4.78. The van der Waals surface area contributed by atoms with Crippen molar-refractivity contribution < 1.29 is 36.2 Å². The van der Waals surface area contributed by atoms with Crippen molar-refractivity contribution in [2.45, 2.75) is 31.0 Å². The fourth-order valence-corrected chi connectivity index (χ4v) is 4.46. The van der Waals surface area contributed by atoms with Gasteiger partial charge in [-0.25, -0.2) is 22.8 Å². The molecule has 0 unspecified atom stereocenters. The molecule has 12 heteroatoms. The summed E-state index contributed by atoms with van der Waals surface area (Å²) in [5.74, 6) is -6.29. The molecule has 1 saturated heterocycles. The largest absolute Gasteiger partial charge is 0.503 e. The maximum absolute atomic E-state index is 15.1. The summed E-state index contributed by atoms with van der Waals surface area (Å²) in [4.78, 5) is 6.07. The Labute approximate surface area is 183 Å². The van der Waals surface area contributed by atoms with Crippen molar-refractivity contribution in [1.29, 1.82) is 0 Å². The van der Waals surface area contributed by atoms with Crippen molar-refractivity contribution in [1.82, 2.24) is 14.8 Å². The van der Waals surface area contributed by atoms with Gasteiger partial charge in [-0.05, 0) is 31.4 Å². The van der Waals surface area contributed by atoms with Crippen molar-refractivity contribution in [3.8, 4) is 17.0 Å². The van der Waals surface area contributed by atoms with Crippen LogP contribution < -0.4 is 4.90 Å². The number of pyridine rings is 1. The fourth-order valence-electron chi connectivity index (χ4n) is 4.46. The van der Waals surface area contributed by atoms with E-state index in [0.29, 0.717) is 19.7 Å². The SMILES string of the molecule is Cn1nc(-c2cc(C(F)(F)F)c(F)c(O)c2F)c2cc(F)c(N3CCOC4(CCC4)C3)nc21. The molecule has 2 fully saturated rings. The first kappa shape index (κ1) is 21.8. The standard InChI is InChI=1S/C21H18F6N4O2/c1-30-18-11(8-13(22)19(28-18)31-5-6-33-20(9-31)3-2-4-20)16(29-30)10-7-12(21(25,26)27)15(24)17(32)14(10)23/h7-8,32H,2-6,9H2,1H3. The molecule has 0 atom stereocenters. The second kappa shape index (κ2) is 7.24. The number of aromatic hydroxyl groups is 1. The Morgan fingerprint density at radius 3 is 2.48 bits per heavy atom. The summed E-state index contributed by atoms with van der Waals surface area (Å²) >= 11 is 0. The highest BCUT2D eigenvalue weighted by Crippen LogP contribution is 2.43. The van der Waals surface area contributed by atoms with Crippen molar-refractivity contribution in [2.24, 2.45) is 7.05 Å². The number of halogens is 6. The average molecular weight is 472 g/mol. The number of benzene rings is 1. The summed E-state index contributed by atoms with van der Waals surface area (Å²) in [5.41, 5.74) is -3.32. The minimum Gasteiger partial charge on any atom is -0.503 e. The number of phenols is 1. The van der Waals surface area contributed by atoms with Gasteiger partial charge >= 0.3 is 6.18 Å². The van der Waals surface area contributed by atoms with Crippen LogP contribution in [-0.2, 0) is 18.0 Å². The van der Waals surface area contributed by atoms with Gasteiger partial charge in [0.05, 0.1) is 23.2 Å². The lowest BCUT2D eigenvalue weighted by Crippen LogP contribution is -2.56. The number of morpholine rings is 1. The summed E-state index contributed by atoms with van der Waals surface area (Å²) in [6.07, 6.45) is -2.46. The van der Waals surface area contributed by atoms with Crippen molar-refractivity contribution in [3.05, 3.63) is 35.1 Å². The molecule has 1 aromatic carbocycles.